The first-order valence-electron chi connectivity index (χ1n) is 7.03. The molecule has 2 aromatic carbocycles. The van der Waals surface area contributed by atoms with E-state index in [1.807, 2.05) is 30.3 Å². The first-order chi connectivity index (χ1) is 11.1. The highest BCUT2D eigenvalue weighted by molar-refractivity contribution is 5.63. The Bertz CT molecular complexity index is 632. The molecule has 24 heavy (non-hydrogen) atoms. The molecule has 0 aromatic heterocycles. The predicted molar refractivity (Wildman–Crippen MR) is 77.3 cm³/mol. The number of halogens is 6. The van der Waals surface area contributed by atoms with E-state index in [4.69, 9.17) is 0 Å². The number of hydrogen-bond acceptors (Lipinski definition) is 1. The lowest BCUT2D eigenvalue weighted by Crippen LogP contribution is -2.44. The molecule has 1 atom stereocenters. The Labute approximate surface area is 134 Å². The highest BCUT2D eigenvalue weighted by Crippen LogP contribution is 2.38. The number of hydrogen-bond donors (Lipinski definition) is 0. The first kappa shape index (κ1) is 18.3. The zero-order valence-electron chi connectivity index (χ0n) is 12.5. The average molecular weight is 348 g/mol. The lowest BCUT2D eigenvalue weighted by molar-refractivity contribution is -0.330. The average Bonchev–Trinajstić information content (AvgIpc) is 2.51. The van der Waals surface area contributed by atoms with Crippen molar-refractivity contribution in [2.45, 2.75) is 31.5 Å². The van der Waals surface area contributed by atoms with Gasteiger partial charge < -0.3 is 4.74 Å². The van der Waals surface area contributed by atoms with Gasteiger partial charge in [0.05, 0.1) is 6.10 Å². The molecular weight excluding hydrogens is 334 g/mol. The van der Waals surface area contributed by atoms with Gasteiger partial charge >= 0.3 is 12.4 Å². The van der Waals surface area contributed by atoms with Crippen LogP contribution in [0, 0.1) is 0 Å². The monoisotopic (exact) mass is 348 g/mol. The maximum absolute atomic E-state index is 12.5. The third kappa shape index (κ3) is 4.50. The van der Waals surface area contributed by atoms with Gasteiger partial charge in [-0.15, -0.1) is 0 Å². The smallest absolute Gasteiger partial charge is 0.353 e. The van der Waals surface area contributed by atoms with Gasteiger partial charge in [-0.1, -0.05) is 54.6 Å². The van der Waals surface area contributed by atoms with Gasteiger partial charge in [-0.25, -0.2) is 0 Å². The Morgan fingerprint density at radius 3 is 1.62 bits per heavy atom. The summed E-state index contributed by atoms with van der Waals surface area (Å²) in [7, 11) is 0. The van der Waals surface area contributed by atoms with Crippen molar-refractivity contribution < 1.29 is 31.1 Å². The summed E-state index contributed by atoms with van der Waals surface area (Å²) in [6, 6.07) is 15.3. The van der Waals surface area contributed by atoms with E-state index in [1.54, 1.807) is 12.1 Å². The van der Waals surface area contributed by atoms with E-state index < -0.39 is 24.6 Å². The second-order valence-electron chi connectivity index (χ2n) is 5.23. The molecule has 0 spiro atoms. The van der Waals surface area contributed by atoms with Crippen LogP contribution in [-0.2, 0) is 4.74 Å². The maximum atomic E-state index is 12.5. The van der Waals surface area contributed by atoms with Gasteiger partial charge in [0.2, 0.25) is 6.10 Å². The molecule has 0 saturated carbocycles. The van der Waals surface area contributed by atoms with Gasteiger partial charge in [0.15, 0.2) is 0 Å². The molecule has 2 rings (SSSR count). The molecule has 0 aliphatic heterocycles. The second kappa shape index (κ2) is 6.84. The lowest BCUT2D eigenvalue weighted by atomic mass is 10.0. The quantitative estimate of drug-likeness (QED) is 0.623. The largest absolute Gasteiger partial charge is 0.423 e. The molecule has 2 aromatic rings. The summed E-state index contributed by atoms with van der Waals surface area (Å²) in [5.41, 5.74) is 1.92. The fourth-order valence-electron chi connectivity index (χ4n) is 2.20. The second-order valence-corrected chi connectivity index (χ2v) is 5.23. The van der Waals surface area contributed by atoms with Crippen LogP contribution in [0.2, 0.25) is 0 Å². The van der Waals surface area contributed by atoms with E-state index in [0.717, 1.165) is 18.1 Å². The van der Waals surface area contributed by atoms with Crippen molar-refractivity contribution in [2.75, 3.05) is 0 Å². The van der Waals surface area contributed by atoms with Crippen LogP contribution in [-0.4, -0.2) is 18.5 Å². The summed E-state index contributed by atoms with van der Waals surface area (Å²) < 4.78 is 79.5. The van der Waals surface area contributed by atoms with Crippen molar-refractivity contribution in [1.29, 1.82) is 0 Å². The Kier molecular flexibility index (Phi) is 5.22. The lowest BCUT2D eigenvalue weighted by Gasteiger charge is -2.26. The van der Waals surface area contributed by atoms with E-state index in [0.29, 0.717) is 0 Å². The molecule has 0 fully saturated rings. The Morgan fingerprint density at radius 1 is 0.708 bits per heavy atom. The van der Waals surface area contributed by atoms with Crippen molar-refractivity contribution in [1.82, 2.24) is 0 Å². The van der Waals surface area contributed by atoms with Crippen LogP contribution in [0.5, 0.6) is 0 Å². The van der Waals surface area contributed by atoms with Crippen LogP contribution in [0.1, 0.15) is 18.6 Å². The van der Waals surface area contributed by atoms with Crippen LogP contribution >= 0.6 is 0 Å². The third-order valence-electron chi connectivity index (χ3n) is 3.42. The molecular formula is C17H14F6O. The van der Waals surface area contributed by atoms with Crippen LogP contribution in [0.4, 0.5) is 26.3 Å². The Morgan fingerprint density at radius 2 is 1.17 bits per heavy atom. The summed E-state index contributed by atoms with van der Waals surface area (Å²) in [5, 5.41) is 0. The molecule has 1 unspecified atom stereocenters. The van der Waals surface area contributed by atoms with Gasteiger partial charge in [-0.2, -0.15) is 26.3 Å². The number of ether oxygens (including phenoxy) is 1. The number of rotatable bonds is 4. The fraction of sp³-hybridized carbons (Fsp3) is 0.294. The summed E-state index contributed by atoms with van der Waals surface area (Å²) in [5.74, 6) is 0. The Hall–Kier alpha value is -2.02. The molecule has 1 nitrogen and oxygen atoms in total. The van der Waals surface area contributed by atoms with Crippen molar-refractivity contribution in [2.24, 2.45) is 0 Å². The predicted octanol–water partition coefficient (Wildman–Crippen LogP) is 5.92. The zero-order valence-corrected chi connectivity index (χ0v) is 12.5. The van der Waals surface area contributed by atoms with Crippen molar-refractivity contribution in [3.63, 3.8) is 0 Å². The first-order valence-corrected chi connectivity index (χ1v) is 7.03. The molecule has 0 amide bonds. The Balaban J connectivity index is 2.16. The summed E-state index contributed by atoms with van der Waals surface area (Å²) in [6.07, 6.45) is -16.2. The minimum Gasteiger partial charge on any atom is -0.353 e. The van der Waals surface area contributed by atoms with Gasteiger partial charge in [-0.3, -0.25) is 0 Å². The van der Waals surface area contributed by atoms with E-state index in [2.05, 4.69) is 4.74 Å². The fourth-order valence-corrected chi connectivity index (χ4v) is 2.20. The third-order valence-corrected chi connectivity index (χ3v) is 3.42. The van der Waals surface area contributed by atoms with Crippen LogP contribution in [0.3, 0.4) is 0 Å². The molecule has 0 radical (unpaired) electrons. The normalized spacial score (nSPS) is 14.0. The molecule has 0 bridgehead atoms. The molecule has 0 aliphatic carbocycles. The van der Waals surface area contributed by atoms with E-state index in [-0.39, 0.29) is 5.56 Å². The van der Waals surface area contributed by atoms with Gasteiger partial charge in [-0.05, 0) is 23.6 Å². The van der Waals surface area contributed by atoms with Gasteiger partial charge in [0, 0.05) is 0 Å². The minimum atomic E-state index is -5.52. The zero-order chi connectivity index (χ0) is 18.0. The van der Waals surface area contributed by atoms with Gasteiger partial charge in [0.1, 0.15) is 0 Å². The van der Waals surface area contributed by atoms with E-state index in [9.17, 15) is 26.3 Å². The van der Waals surface area contributed by atoms with Crippen molar-refractivity contribution >= 4 is 0 Å². The van der Waals surface area contributed by atoms with Crippen LogP contribution in [0.25, 0.3) is 11.1 Å². The standard InChI is InChI=1S/C17H14F6O/c1-11(24-15(16(18,19)20)17(21,22)23)12-7-9-14(10-8-12)13-5-3-2-4-6-13/h2-11,15H,1H3. The SMILES string of the molecule is CC(OC(C(F)(F)F)C(F)(F)F)c1ccc(-c2ccccc2)cc1. The summed E-state index contributed by atoms with van der Waals surface area (Å²) in [6.45, 7) is 1.15. The molecule has 0 N–H and O–H groups in total. The van der Waals surface area contributed by atoms with E-state index in [1.165, 1.54) is 12.1 Å². The van der Waals surface area contributed by atoms with Gasteiger partial charge in [0.25, 0.3) is 0 Å². The molecule has 0 saturated heterocycles. The van der Waals surface area contributed by atoms with Crippen molar-refractivity contribution in [3.8, 4) is 11.1 Å². The topological polar surface area (TPSA) is 9.23 Å². The van der Waals surface area contributed by atoms with Crippen LogP contribution < -0.4 is 0 Å². The summed E-state index contributed by atoms with van der Waals surface area (Å²) >= 11 is 0. The summed E-state index contributed by atoms with van der Waals surface area (Å²) in [4.78, 5) is 0. The van der Waals surface area contributed by atoms with Crippen molar-refractivity contribution in [3.05, 3.63) is 60.2 Å². The highest BCUT2D eigenvalue weighted by atomic mass is 19.4. The van der Waals surface area contributed by atoms with E-state index >= 15 is 0 Å². The number of alkyl halides is 6. The molecule has 0 heterocycles. The molecule has 0 aliphatic rings. The molecule has 130 valence electrons. The minimum absolute atomic E-state index is 0.230. The molecule has 7 heteroatoms. The van der Waals surface area contributed by atoms with Crippen LogP contribution in [0.15, 0.2) is 54.6 Å². The number of benzene rings is 2. The maximum Gasteiger partial charge on any atom is 0.423 e. The highest BCUT2D eigenvalue weighted by Gasteiger charge is 2.58.